The fourth-order valence-corrected chi connectivity index (χ4v) is 3.69. The molecule has 12 heteroatoms. The zero-order chi connectivity index (χ0) is 26.5. The summed E-state index contributed by atoms with van der Waals surface area (Å²) in [6.07, 6.45) is 3.85. The number of primary amides is 1. The Kier molecular flexibility index (Phi) is 10.8. The van der Waals surface area contributed by atoms with Gasteiger partial charge in [-0.3, -0.25) is 9.59 Å². The van der Waals surface area contributed by atoms with E-state index in [1.807, 2.05) is 31.2 Å². The van der Waals surface area contributed by atoms with Crippen molar-refractivity contribution in [2.45, 2.75) is 31.4 Å². The van der Waals surface area contributed by atoms with Crippen LogP contribution < -0.4 is 25.4 Å². The largest absolute Gasteiger partial charge is 0.497 e. The highest BCUT2D eigenvalue weighted by molar-refractivity contribution is 7.99. The van der Waals surface area contributed by atoms with Gasteiger partial charge in [-0.05, 0) is 61.2 Å². The van der Waals surface area contributed by atoms with Gasteiger partial charge in [0.15, 0.2) is 18.1 Å². The molecule has 0 saturated carbocycles. The SMILES string of the molecule is CCOc1cc(/C=N\NC(=O)CSc2nnc(CCCc3ccc(OC)cc3)o2)ccc1OCC(N)=O. The number of nitrogens with zero attached hydrogens (tertiary/aromatic N) is 3. The van der Waals surface area contributed by atoms with Gasteiger partial charge < -0.3 is 24.4 Å². The second-order valence-corrected chi connectivity index (χ2v) is 8.57. The van der Waals surface area contributed by atoms with Gasteiger partial charge in [-0.25, -0.2) is 5.43 Å². The van der Waals surface area contributed by atoms with E-state index < -0.39 is 5.91 Å². The van der Waals surface area contributed by atoms with E-state index in [-0.39, 0.29) is 18.3 Å². The summed E-state index contributed by atoms with van der Waals surface area (Å²) in [5.74, 6) is 1.33. The molecular weight excluding hydrogens is 498 g/mol. The molecule has 1 aromatic heterocycles. The minimum absolute atomic E-state index is 0.0644. The summed E-state index contributed by atoms with van der Waals surface area (Å²) in [7, 11) is 1.64. The molecule has 3 rings (SSSR count). The van der Waals surface area contributed by atoms with Gasteiger partial charge in [-0.15, -0.1) is 10.2 Å². The van der Waals surface area contributed by atoms with E-state index in [9.17, 15) is 9.59 Å². The molecule has 0 unspecified atom stereocenters. The minimum atomic E-state index is -0.588. The topological polar surface area (TPSA) is 151 Å². The quantitative estimate of drug-likeness (QED) is 0.173. The molecule has 3 aromatic rings. The molecule has 0 aliphatic carbocycles. The zero-order valence-corrected chi connectivity index (χ0v) is 21.5. The first-order valence-corrected chi connectivity index (χ1v) is 12.5. The van der Waals surface area contributed by atoms with Crippen molar-refractivity contribution in [2.24, 2.45) is 10.8 Å². The Bertz CT molecular complexity index is 1200. The molecule has 0 aliphatic heterocycles. The molecule has 196 valence electrons. The van der Waals surface area contributed by atoms with Gasteiger partial charge in [0.1, 0.15) is 5.75 Å². The Morgan fingerprint density at radius 2 is 1.92 bits per heavy atom. The highest BCUT2D eigenvalue weighted by Gasteiger charge is 2.10. The average Bonchev–Trinajstić information content (AvgIpc) is 3.35. The van der Waals surface area contributed by atoms with Crippen LogP contribution in [0.5, 0.6) is 17.2 Å². The van der Waals surface area contributed by atoms with Crippen molar-refractivity contribution in [1.82, 2.24) is 15.6 Å². The first-order chi connectivity index (χ1) is 18.0. The van der Waals surface area contributed by atoms with Crippen LogP contribution in [0, 0.1) is 0 Å². The van der Waals surface area contributed by atoms with Crippen LogP contribution in [-0.4, -0.2) is 54.3 Å². The standard InChI is InChI=1S/C25H29N5O6S/c1-3-34-21-13-18(9-12-20(21)35-15-22(26)31)14-27-28-23(32)16-37-25-30-29-24(36-25)6-4-5-17-7-10-19(33-2)11-8-17/h7-14H,3-6,15-16H2,1-2H3,(H2,26,31)(H,28,32)/b27-14-. The van der Waals surface area contributed by atoms with Crippen molar-refractivity contribution in [3.63, 3.8) is 0 Å². The van der Waals surface area contributed by atoms with Crippen molar-refractivity contribution in [3.05, 3.63) is 59.5 Å². The number of rotatable bonds is 15. The lowest BCUT2D eigenvalue weighted by Gasteiger charge is -2.11. The number of carbonyl (C=O) groups excluding carboxylic acids is 2. The molecule has 2 amide bonds. The van der Waals surface area contributed by atoms with E-state index in [0.29, 0.717) is 41.2 Å². The van der Waals surface area contributed by atoms with E-state index in [1.165, 1.54) is 11.8 Å². The summed E-state index contributed by atoms with van der Waals surface area (Å²) >= 11 is 1.13. The predicted octanol–water partition coefficient (Wildman–Crippen LogP) is 2.76. The number of hydrazone groups is 1. The number of ether oxygens (including phenoxy) is 3. The number of nitrogens with one attached hydrogen (secondary N) is 1. The van der Waals surface area contributed by atoms with Crippen LogP contribution in [-0.2, 0) is 22.4 Å². The Morgan fingerprint density at radius 3 is 2.65 bits per heavy atom. The molecule has 0 fully saturated rings. The first-order valence-electron chi connectivity index (χ1n) is 11.5. The molecule has 0 saturated heterocycles. The summed E-state index contributed by atoms with van der Waals surface area (Å²) in [5.41, 5.74) is 9.43. The second-order valence-electron chi connectivity index (χ2n) is 7.64. The summed E-state index contributed by atoms with van der Waals surface area (Å²) in [4.78, 5) is 23.1. The number of aryl methyl sites for hydroxylation is 2. The Hall–Kier alpha value is -4.06. The van der Waals surface area contributed by atoms with E-state index in [2.05, 4.69) is 20.7 Å². The fourth-order valence-electron chi connectivity index (χ4n) is 3.11. The average molecular weight is 528 g/mol. The van der Waals surface area contributed by atoms with Crippen LogP contribution in [0.15, 0.2) is 57.2 Å². The summed E-state index contributed by atoms with van der Waals surface area (Å²) in [6.45, 7) is 1.97. The van der Waals surface area contributed by atoms with Crippen LogP contribution in [0.1, 0.15) is 30.4 Å². The summed E-state index contributed by atoms with van der Waals surface area (Å²) < 4.78 is 21.6. The normalized spacial score (nSPS) is 10.9. The number of hydrogen-bond acceptors (Lipinski definition) is 10. The molecule has 37 heavy (non-hydrogen) atoms. The van der Waals surface area contributed by atoms with Crippen LogP contribution >= 0.6 is 11.8 Å². The Morgan fingerprint density at radius 1 is 1.11 bits per heavy atom. The molecule has 3 N–H and O–H groups in total. The molecule has 1 heterocycles. The number of aromatic nitrogens is 2. The minimum Gasteiger partial charge on any atom is -0.497 e. The molecule has 0 atom stereocenters. The first kappa shape index (κ1) is 27.5. The van der Waals surface area contributed by atoms with E-state index in [4.69, 9.17) is 24.4 Å². The lowest BCUT2D eigenvalue weighted by atomic mass is 10.1. The zero-order valence-electron chi connectivity index (χ0n) is 20.6. The second kappa shape index (κ2) is 14.5. The summed E-state index contributed by atoms with van der Waals surface area (Å²) in [5, 5.41) is 12.3. The summed E-state index contributed by atoms with van der Waals surface area (Å²) in [6, 6.07) is 13.0. The lowest BCUT2D eigenvalue weighted by Crippen LogP contribution is -2.20. The van der Waals surface area contributed by atoms with E-state index >= 15 is 0 Å². The fraction of sp³-hybridized carbons (Fsp3) is 0.320. The van der Waals surface area contributed by atoms with Gasteiger partial charge in [0, 0.05) is 6.42 Å². The maximum Gasteiger partial charge on any atom is 0.277 e. The number of benzene rings is 2. The van der Waals surface area contributed by atoms with Crippen molar-refractivity contribution in [3.8, 4) is 17.2 Å². The molecule has 2 aromatic carbocycles. The highest BCUT2D eigenvalue weighted by Crippen LogP contribution is 2.28. The number of thioether (sulfide) groups is 1. The molecule has 11 nitrogen and oxygen atoms in total. The van der Waals surface area contributed by atoms with E-state index in [1.54, 1.807) is 25.3 Å². The van der Waals surface area contributed by atoms with Gasteiger partial charge in [-0.2, -0.15) is 5.10 Å². The van der Waals surface area contributed by atoms with Crippen LogP contribution in [0.3, 0.4) is 0 Å². The molecule has 0 radical (unpaired) electrons. The monoisotopic (exact) mass is 527 g/mol. The highest BCUT2D eigenvalue weighted by atomic mass is 32.2. The van der Waals surface area contributed by atoms with Gasteiger partial charge >= 0.3 is 0 Å². The van der Waals surface area contributed by atoms with Gasteiger partial charge in [0.2, 0.25) is 5.89 Å². The third-order valence-corrected chi connectivity index (χ3v) is 5.65. The number of hydrogen-bond donors (Lipinski definition) is 2. The number of nitrogens with two attached hydrogens (primary N) is 1. The number of methoxy groups -OCH3 is 1. The molecule has 0 bridgehead atoms. The molecule has 0 spiro atoms. The van der Waals surface area contributed by atoms with Crippen LogP contribution in [0.4, 0.5) is 0 Å². The maximum absolute atomic E-state index is 12.1. The Labute approximate surface area is 218 Å². The van der Waals surface area contributed by atoms with Gasteiger partial charge in [0.05, 0.1) is 25.7 Å². The van der Waals surface area contributed by atoms with Crippen LogP contribution in [0.25, 0.3) is 0 Å². The maximum atomic E-state index is 12.1. The third kappa shape index (κ3) is 9.49. The third-order valence-electron chi connectivity index (χ3n) is 4.83. The number of carbonyl (C=O) groups is 2. The van der Waals surface area contributed by atoms with Gasteiger partial charge in [-0.1, -0.05) is 23.9 Å². The number of amides is 2. The van der Waals surface area contributed by atoms with Gasteiger partial charge in [0.25, 0.3) is 17.0 Å². The molecular formula is C25H29N5O6S. The molecule has 0 aliphatic rings. The van der Waals surface area contributed by atoms with Crippen molar-refractivity contribution >= 4 is 29.8 Å². The van der Waals surface area contributed by atoms with Crippen LogP contribution in [0.2, 0.25) is 0 Å². The van der Waals surface area contributed by atoms with Crippen molar-refractivity contribution in [2.75, 3.05) is 26.1 Å². The predicted molar refractivity (Wildman–Crippen MR) is 138 cm³/mol. The van der Waals surface area contributed by atoms with Crippen molar-refractivity contribution in [1.29, 1.82) is 0 Å². The van der Waals surface area contributed by atoms with E-state index in [0.717, 1.165) is 30.4 Å². The van der Waals surface area contributed by atoms with Crippen molar-refractivity contribution < 1.29 is 28.2 Å². The smallest absolute Gasteiger partial charge is 0.277 e. The lowest BCUT2D eigenvalue weighted by molar-refractivity contribution is -0.120. The Balaban J connectivity index is 1.40.